The van der Waals surface area contributed by atoms with E-state index >= 15 is 0 Å². The molecule has 5 nitrogen and oxygen atoms in total. The number of nitrogens with zero attached hydrogens (tertiary/aromatic N) is 1. The first-order valence-corrected chi connectivity index (χ1v) is 5.51. The second kappa shape index (κ2) is 4.55. The van der Waals surface area contributed by atoms with Crippen molar-refractivity contribution in [2.45, 2.75) is 13.0 Å². The summed E-state index contributed by atoms with van der Waals surface area (Å²) in [6, 6.07) is 6.98. The molecule has 1 aromatic rings. The largest absolute Gasteiger partial charge is 0.323 e. The van der Waals surface area contributed by atoms with E-state index < -0.39 is 0 Å². The number of hydrogen-bond acceptors (Lipinski definition) is 3. The molecule has 1 heterocycles. The minimum absolute atomic E-state index is 0.0713. The van der Waals surface area contributed by atoms with Crippen LogP contribution in [0.5, 0.6) is 0 Å². The normalized spacial score (nSPS) is 16.1. The summed E-state index contributed by atoms with van der Waals surface area (Å²) >= 11 is 0. The second-order valence-electron chi connectivity index (χ2n) is 4.00. The van der Waals surface area contributed by atoms with E-state index in [4.69, 9.17) is 0 Å². The first-order chi connectivity index (χ1) is 8.13. The molecule has 1 aromatic carbocycles. The fraction of sp³-hybridized carbons (Fsp3) is 0.333. The van der Waals surface area contributed by atoms with Gasteiger partial charge in [-0.15, -0.1) is 0 Å². The van der Waals surface area contributed by atoms with Gasteiger partial charge in [0.25, 0.3) is 0 Å². The average molecular weight is 233 g/mol. The van der Waals surface area contributed by atoms with Crippen molar-refractivity contribution in [2.75, 3.05) is 23.8 Å². The maximum absolute atomic E-state index is 12.1. The zero-order valence-electron chi connectivity index (χ0n) is 9.86. The van der Waals surface area contributed by atoms with Gasteiger partial charge in [-0.25, -0.2) is 0 Å². The summed E-state index contributed by atoms with van der Waals surface area (Å²) in [5.74, 6) is -0.268. The Hall–Kier alpha value is -1.88. The predicted molar refractivity (Wildman–Crippen MR) is 65.9 cm³/mol. The van der Waals surface area contributed by atoms with Crippen molar-refractivity contribution in [1.29, 1.82) is 0 Å². The SMILES string of the molecule is CNC(C)C(=O)N1CC(=O)Nc2ccccc21. The Morgan fingerprint density at radius 1 is 1.47 bits per heavy atom. The lowest BCUT2D eigenvalue weighted by Gasteiger charge is -2.30. The van der Waals surface area contributed by atoms with Crippen molar-refractivity contribution in [2.24, 2.45) is 0 Å². The number of likely N-dealkylation sites (N-methyl/N-ethyl adjacent to an activating group) is 1. The lowest BCUT2D eigenvalue weighted by atomic mass is 10.1. The molecule has 0 fully saturated rings. The minimum atomic E-state index is -0.311. The van der Waals surface area contributed by atoms with E-state index in [9.17, 15) is 9.59 Å². The molecular formula is C12H15N3O2. The Morgan fingerprint density at radius 2 is 2.18 bits per heavy atom. The fourth-order valence-electron chi connectivity index (χ4n) is 1.79. The summed E-state index contributed by atoms with van der Waals surface area (Å²) in [5.41, 5.74) is 1.43. The summed E-state index contributed by atoms with van der Waals surface area (Å²) in [4.78, 5) is 25.2. The van der Waals surface area contributed by atoms with Crippen molar-refractivity contribution in [3.63, 3.8) is 0 Å². The first kappa shape index (κ1) is 11.6. The molecule has 2 amide bonds. The molecule has 1 atom stereocenters. The summed E-state index contributed by atoms with van der Waals surface area (Å²) < 4.78 is 0. The van der Waals surface area contributed by atoms with E-state index in [0.29, 0.717) is 5.69 Å². The van der Waals surface area contributed by atoms with E-state index in [2.05, 4.69) is 10.6 Å². The molecule has 2 N–H and O–H groups in total. The highest BCUT2D eigenvalue weighted by Crippen LogP contribution is 2.29. The van der Waals surface area contributed by atoms with Crippen LogP contribution >= 0.6 is 0 Å². The molecule has 1 aliphatic rings. The average Bonchev–Trinajstić information content (AvgIpc) is 2.35. The van der Waals surface area contributed by atoms with Crippen LogP contribution in [-0.2, 0) is 9.59 Å². The van der Waals surface area contributed by atoms with Crippen LogP contribution in [0.2, 0.25) is 0 Å². The topological polar surface area (TPSA) is 61.4 Å². The van der Waals surface area contributed by atoms with E-state index in [0.717, 1.165) is 5.69 Å². The fourth-order valence-corrected chi connectivity index (χ4v) is 1.79. The second-order valence-corrected chi connectivity index (χ2v) is 4.00. The van der Waals surface area contributed by atoms with Gasteiger partial charge >= 0.3 is 0 Å². The third kappa shape index (κ3) is 2.14. The minimum Gasteiger partial charge on any atom is -0.323 e. The summed E-state index contributed by atoms with van der Waals surface area (Å²) in [7, 11) is 1.72. The molecule has 1 unspecified atom stereocenters. The van der Waals surface area contributed by atoms with Gasteiger partial charge in [0.1, 0.15) is 6.54 Å². The highest BCUT2D eigenvalue weighted by atomic mass is 16.2. The van der Waals surface area contributed by atoms with Crippen LogP contribution in [-0.4, -0.2) is 31.4 Å². The highest BCUT2D eigenvalue weighted by Gasteiger charge is 2.28. The van der Waals surface area contributed by atoms with Gasteiger partial charge < -0.3 is 10.6 Å². The molecule has 0 saturated heterocycles. The van der Waals surface area contributed by atoms with Crippen molar-refractivity contribution in [1.82, 2.24) is 5.32 Å². The van der Waals surface area contributed by atoms with E-state index in [1.807, 2.05) is 18.2 Å². The standard InChI is InChI=1S/C12H15N3O2/c1-8(13-2)12(17)15-7-11(16)14-9-5-3-4-6-10(9)15/h3-6,8,13H,7H2,1-2H3,(H,14,16). The van der Waals surface area contributed by atoms with Gasteiger partial charge in [0, 0.05) is 0 Å². The maximum atomic E-state index is 12.1. The number of carbonyl (C=O) groups is 2. The summed E-state index contributed by atoms with van der Waals surface area (Å²) in [6.45, 7) is 1.85. The number of amides is 2. The molecule has 0 aromatic heterocycles. The quantitative estimate of drug-likeness (QED) is 0.785. The first-order valence-electron chi connectivity index (χ1n) is 5.51. The zero-order valence-corrected chi connectivity index (χ0v) is 9.86. The predicted octanol–water partition coefficient (Wildman–Crippen LogP) is 0.580. The monoisotopic (exact) mass is 233 g/mol. The lowest BCUT2D eigenvalue weighted by Crippen LogP contribution is -2.49. The van der Waals surface area contributed by atoms with Gasteiger partial charge in [-0.2, -0.15) is 0 Å². The van der Waals surface area contributed by atoms with E-state index in [1.165, 1.54) is 4.90 Å². The molecule has 90 valence electrons. The molecule has 2 rings (SSSR count). The number of fused-ring (bicyclic) bond motifs is 1. The number of benzene rings is 1. The Bertz CT molecular complexity index is 459. The Morgan fingerprint density at radius 3 is 2.88 bits per heavy atom. The molecule has 1 aliphatic heterocycles. The van der Waals surface area contributed by atoms with Crippen molar-refractivity contribution >= 4 is 23.2 Å². The van der Waals surface area contributed by atoms with E-state index in [-0.39, 0.29) is 24.4 Å². The molecule has 5 heteroatoms. The van der Waals surface area contributed by atoms with Crippen LogP contribution in [0.3, 0.4) is 0 Å². The van der Waals surface area contributed by atoms with Crippen LogP contribution in [0, 0.1) is 0 Å². The number of hydrogen-bond donors (Lipinski definition) is 2. The Balaban J connectivity index is 2.36. The smallest absolute Gasteiger partial charge is 0.244 e. The molecule has 0 saturated carbocycles. The van der Waals surface area contributed by atoms with Crippen LogP contribution < -0.4 is 15.5 Å². The molecule has 0 aliphatic carbocycles. The third-order valence-electron chi connectivity index (χ3n) is 2.84. The molecule has 0 spiro atoms. The molecule has 0 radical (unpaired) electrons. The van der Waals surface area contributed by atoms with Crippen molar-refractivity contribution in [3.05, 3.63) is 24.3 Å². The van der Waals surface area contributed by atoms with Gasteiger partial charge in [-0.1, -0.05) is 12.1 Å². The van der Waals surface area contributed by atoms with Gasteiger partial charge in [0.05, 0.1) is 17.4 Å². The van der Waals surface area contributed by atoms with Crippen molar-refractivity contribution < 1.29 is 9.59 Å². The number of rotatable bonds is 2. The Labute approximate surface area is 99.8 Å². The Kier molecular flexibility index (Phi) is 3.10. The van der Waals surface area contributed by atoms with Gasteiger partial charge in [0.2, 0.25) is 11.8 Å². The number of anilines is 2. The molecular weight excluding hydrogens is 218 g/mol. The maximum Gasteiger partial charge on any atom is 0.244 e. The van der Waals surface area contributed by atoms with Crippen LogP contribution in [0.1, 0.15) is 6.92 Å². The zero-order chi connectivity index (χ0) is 12.4. The van der Waals surface area contributed by atoms with Crippen LogP contribution in [0.25, 0.3) is 0 Å². The van der Waals surface area contributed by atoms with Crippen LogP contribution in [0.15, 0.2) is 24.3 Å². The molecule has 0 bridgehead atoms. The molecule has 17 heavy (non-hydrogen) atoms. The third-order valence-corrected chi connectivity index (χ3v) is 2.84. The number of nitrogens with one attached hydrogen (secondary N) is 2. The summed E-state index contributed by atoms with van der Waals surface area (Å²) in [5, 5.41) is 5.63. The van der Waals surface area contributed by atoms with Gasteiger partial charge in [0.15, 0.2) is 0 Å². The number of carbonyl (C=O) groups excluding carboxylic acids is 2. The van der Waals surface area contributed by atoms with Crippen molar-refractivity contribution in [3.8, 4) is 0 Å². The number of para-hydroxylation sites is 2. The van der Waals surface area contributed by atoms with Crippen LogP contribution in [0.4, 0.5) is 11.4 Å². The lowest BCUT2D eigenvalue weighted by molar-refractivity contribution is -0.122. The summed E-state index contributed by atoms with van der Waals surface area (Å²) in [6.07, 6.45) is 0. The van der Waals surface area contributed by atoms with E-state index in [1.54, 1.807) is 20.0 Å². The van der Waals surface area contributed by atoms with Gasteiger partial charge in [-0.3, -0.25) is 14.5 Å². The highest BCUT2D eigenvalue weighted by molar-refractivity contribution is 6.11. The van der Waals surface area contributed by atoms with Gasteiger partial charge in [-0.05, 0) is 26.1 Å².